The lowest BCUT2D eigenvalue weighted by Gasteiger charge is -2.28. The monoisotopic (exact) mass is 418 g/mol. The maximum absolute atomic E-state index is 13.7. The van der Waals surface area contributed by atoms with Crippen LogP contribution in [-0.2, 0) is 14.8 Å². The molecule has 1 atom stereocenters. The van der Waals surface area contributed by atoms with Crippen molar-refractivity contribution in [2.24, 2.45) is 0 Å². The van der Waals surface area contributed by atoms with Crippen LogP contribution in [0.4, 0.5) is 10.1 Å². The molecule has 9 heteroatoms. The predicted molar refractivity (Wildman–Crippen MR) is 107 cm³/mol. The number of para-hydroxylation sites is 1. The Morgan fingerprint density at radius 2 is 1.83 bits per heavy atom. The number of methoxy groups -OCH3 is 1. The van der Waals surface area contributed by atoms with Gasteiger partial charge in [0.05, 0.1) is 30.1 Å². The number of hydrogen-bond donors (Lipinski definition) is 0. The van der Waals surface area contributed by atoms with Gasteiger partial charge in [0.2, 0.25) is 10.0 Å². The minimum Gasteiger partial charge on any atom is -0.465 e. The Morgan fingerprint density at radius 3 is 2.45 bits per heavy atom. The van der Waals surface area contributed by atoms with Gasteiger partial charge in [0.25, 0.3) is 5.91 Å². The van der Waals surface area contributed by atoms with Gasteiger partial charge in [-0.2, -0.15) is 0 Å². The van der Waals surface area contributed by atoms with E-state index in [0.29, 0.717) is 10.9 Å². The Balaban J connectivity index is 2.13. The number of benzene rings is 2. The van der Waals surface area contributed by atoms with Crippen LogP contribution < -0.4 is 4.31 Å². The Labute approximate surface area is 167 Å². The zero-order chi connectivity index (χ0) is 21.3. The van der Waals surface area contributed by atoms with Gasteiger partial charge in [-0.05, 0) is 31.2 Å². The third-order valence-corrected chi connectivity index (χ3v) is 5.73. The first-order valence-corrected chi connectivity index (χ1v) is 10.5. The van der Waals surface area contributed by atoms with Gasteiger partial charge in [-0.25, -0.2) is 17.6 Å². The van der Waals surface area contributed by atoms with E-state index in [0.717, 1.165) is 16.6 Å². The van der Waals surface area contributed by atoms with E-state index in [-0.39, 0.29) is 11.3 Å². The van der Waals surface area contributed by atoms with Gasteiger partial charge in [-0.1, -0.05) is 24.3 Å². The highest BCUT2D eigenvalue weighted by Crippen LogP contribution is 2.26. The molecule has 0 N–H and O–H groups in total. The summed E-state index contributed by atoms with van der Waals surface area (Å²) in [6, 6.07) is 10.5. The van der Waals surface area contributed by atoms with Crippen LogP contribution in [0.25, 0.3) is 10.9 Å². The third-order valence-electron chi connectivity index (χ3n) is 4.48. The number of hydrogen-bond acceptors (Lipinski definition) is 5. The molecule has 0 radical (unpaired) electrons. The Bertz CT molecular complexity index is 1200. The molecule has 0 aliphatic heterocycles. The minimum atomic E-state index is -3.91. The van der Waals surface area contributed by atoms with E-state index in [9.17, 15) is 22.4 Å². The van der Waals surface area contributed by atoms with Crippen molar-refractivity contribution in [1.82, 2.24) is 4.57 Å². The molecular formula is C20H19FN2O5S. The lowest BCUT2D eigenvalue weighted by Crippen LogP contribution is -2.44. The summed E-state index contributed by atoms with van der Waals surface area (Å²) in [5, 5.41) is 0.497. The lowest BCUT2D eigenvalue weighted by atomic mass is 10.2. The van der Waals surface area contributed by atoms with E-state index in [4.69, 9.17) is 4.74 Å². The number of sulfonamides is 1. The van der Waals surface area contributed by atoms with Crippen LogP contribution in [0.3, 0.4) is 0 Å². The Morgan fingerprint density at radius 1 is 1.14 bits per heavy atom. The predicted octanol–water partition coefficient (Wildman–Crippen LogP) is 3.06. The van der Waals surface area contributed by atoms with E-state index < -0.39 is 33.8 Å². The van der Waals surface area contributed by atoms with Crippen LogP contribution in [-0.4, -0.2) is 44.3 Å². The summed E-state index contributed by atoms with van der Waals surface area (Å²) >= 11 is 0. The van der Waals surface area contributed by atoms with Crippen molar-refractivity contribution in [3.63, 3.8) is 0 Å². The van der Waals surface area contributed by atoms with Gasteiger partial charge in [0, 0.05) is 11.6 Å². The van der Waals surface area contributed by atoms with E-state index in [1.165, 1.54) is 43.0 Å². The number of carbonyl (C=O) groups excluding carboxylic acids is 2. The van der Waals surface area contributed by atoms with E-state index >= 15 is 0 Å². The molecule has 1 aromatic heterocycles. The van der Waals surface area contributed by atoms with E-state index in [1.54, 1.807) is 24.3 Å². The fourth-order valence-corrected chi connectivity index (χ4v) is 4.41. The molecule has 2 aromatic carbocycles. The lowest BCUT2D eigenvalue weighted by molar-refractivity contribution is 0.0603. The summed E-state index contributed by atoms with van der Waals surface area (Å²) in [6.07, 6.45) is 2.26. The molecule has 0 fully saturated rings. The molecule has 3 aromatic rings. The van der Waals surface area contributed by atoms with Gasteiger partial charge in [0.1, 0.15) is 11.9 Å². The van der Waals surface area contributed by atoms with Crippen LogP contribution in [0.5, 0.6) is 0 Å². The number of aromatic nitrogens is 1. The number of anilines is 1. The van der Waals surface area contributed by atoms with Crippen LogP contribution in [0, 0.1) is 5.82 Å². The van der Waals surface area contributed by atoms with Gasteiger partial charge >= 0.3 is 5.97 Å². The molecule has 152 valence electrons. The van der Waals surface area contributed by atoms with Gasteiger partial charge in [0.15, 0.2) is 0 Å². The van der Waals surface area contributed by atoms with Crippen LogP contribution in [0.1, 0.15) is 22.1 Å². The quantitative estimate of drug-likeness (QED) is 0.595. The highest BCUT2D eigenvalue weighted by molar-refractivity contribution is 7.92. The summed E-state index contributed by atoms with van der Waals surface area (Å²) in [5.41, 5.74) is 0.635. The molecule has 29 heavy (non-hydrogen) atoms. The number of rotatable bonds is 5. The normalized spacial score (nSPS) is 12.6. The van der Waals surface area contributed by atoms with Crippen LogP contribution in [0.15, 0.2) is 54.7 Å². The van der Waals surface area contributed by atoms with Crippen LogP contribution in [0.2, 0.25) is 0 Å². The van der Waals surface area contributed by atoms with Crippen molar-refractivity contribution in [2.45, 2.75) is 13.0 Å². The first-order valence-electron chi connectivity index (χ1n) is 8.62. The molecule has 0 amide bonds. The number of fused-ring (bicyclic) bond motifs is 1. The smallest absolute Gasteiger partial charge is 0.340 e. The zero-order valence-electron chi connectivity index (χ0n) is 16.0. The van der Waals surface area contributed by atoms with Crippen molar-refractivity contribution in [3.05, 3.63) is 66.1 Å². The molecule has 0 spiro atoms. The fraction of sp³-hybridized carbons (Fsp3) is 0.200. The average molecular weight is 418 g/mol. The molecule has 1 heterocycles. The highest BCUT2D eigenvalue weighted by atomic mass is 32.2. The highest BCUT2D eigenvalue weighted by Gasteiger charge is 2.31. The number of ether oxygens (including phenoxy) is 1. The first-order chi connectivity index (χ1) is 13.6. The van der Waals surface area contributed by atoms with Crippen molar-refractivity contribution < 1.29 is 27.1 Å². The fourth-order valence-electron chi connectivity index (χ4n) is 3.25. The molecular weight excluding hydrogens is 399 g/mol. The topological polar surface area (TPSA) is 85.7 Å². The van der Waals surface area contributed by atoms with Crippen molar-refractivity contribution in [2.75, 3.05) is 17.7 Å². The average Bonchev–Trinajstić information content (AvgIpc) is 3.05. The van der Waals surface area contributed by atoms with Crippen LogP contribution >= 0.6 is 0 Å². The Hall–Kier alpha value is -3.20. The second-order valence-corrected chi connectivity index (χ2v) is 8.33. The summed E-state index contributed by atoms with van der Waals surface area (Å²) in [6.45, 7) is 1.40. The summed E-state index contributed by atoms with van der Waals surface area (Å²) in [4.78, 5) is 25.3. The molecule has 0 saturated heterocycles. The maximum Gasteiger partial charge on any atom is 0.340 e. The number of carbonyl (C=O) groups is 2. The minimum absolute atomic E-state index is 0.0259. The number of nitrogens with zero attached hydrogens (tertiary/aromatic N) is 2. The second-order valence-electron chi connectivity index (χ2n) is 6.47. The molecule has 0 unspecified atom stereocenters. The molecule has 7 nitrogen and oxygen atoms in total. The molecule has 0 aliphatic carbocycles. The molecule has 0 saturated carbocycles. The summed E-state index contributed by atoms with van der Waals surface area (Å²) in [5.74, 6) is -1.85. The molecule has 3 rings (SSSR count). The van der Waals surface area contributed by atoms with Crippen molar-refractivity contribution in [3.8, 4) is 0 Å². The molecule has 0 aliphatic rings. The van der Waals surface area contributed by atoms with Gasteiger partial charge in [-0.15, -0.1) is 0 Å². The number of halogens is 1. The van der Waals surface area contributed by atoms with E-state index in [2.05, 4.69) is 0 Å². The summed E-state index contributed by atoms with van der Waals surface area (Å²) < 4.78 is 45.3. The largest absolute Gasteiger partial charge is 0.465 e. The van der Waals surface area contributed by atoms with E-state index in [1.807, 2.05) is 0 Å². The molecule has 0 bridgehead atoms. The zero-order valence-corrected chi connectivity index (χ0v) is 16.8. The summed E-state index contributed by atoms with van der Waals surface area (Å²) in [7, 11) is -2.68. The van der Waals surface area contributed by atoms with Gasteiger partial charge in [-0.3, -0.25) is 13.7 Å². The Kier molecular flexibility index (Phi) is 5.43. The SMILES string of the molecule is COC(=O)c1cn(C(=O)[C@H](C)N(c2cccc(F)c2)S(C)(=O)=O)c2ccccc12. The van der Waals surface area contributed by atoms with Gasteiger partial charge < -0.3 is 4.74 Å². The second kappa shape index (κ2) is 7.67. The number of esters is 1. The van der Waals surface area contributed by atoms with Crippen molar-refractivity contribution in [1.29, 1.82) is 0 Å². The third kappa shape index (κ3) is 3.86. The standard InChI is InChI=1S/C20H19FN2O5S/c1-13(23(29(3,26)27)15-8-6-7-14(21)11-15)19(24)22-12-17(20(25)28-2)16-9-4-5-10-18(16)22/h4-13H,1-3H3/t13-/m0/s1. The van der Waals surface area contributed by atoms with Crippen molar-refractivity contribution >= 4 is 38.5 Å². The first kappa shape index (κ1) is 20.5. The maximum atomic E-state index is 13.7.